The number of carbonyl (C=O) groups excluding carboxylic acids is 1. The standard InChI is InChI=1S/C21H31N9O2/c1-15(2)8-7-9-16(3)10-11-23-25-21(31)18-17(14-29-12-5-4-6-13-29)30(28-24-18)20-19(22)26-32-27-20/h8,10-11H,4-7,9,12-14H2,1-3H3,(H2,22,26)(H,25,31)/b16-10+,23-11+. The van der Waals surface area contributed by atoms with Crippen LogP contribution >= 0.6 is 0 Å². The van der Waals surface area contributed by atoms with E-state index in [2.05, 4.69) is 56.0 Å². The second kappa shape index (κ2) is 11.3. The molecule has 0 aromatic carbocycles. The number of rotatable bonds is 9. The van der Waals surface area contributed by atoms with Gasteiger partial charge in [-0.05, 0) is 75.9 Å². The van der Waals surface area contributed by atoms with Gasteiger partial charge in [-0.1, -0.05) is 28.9 Å². The van der Waals surface area contributed by atoms with Crippen LogP contribution in [0.25, 0.3) is 5.82 Å². The van der Waals surface area contributed by atoms with E-state index in [0.717, 1.165) is 38.8 Å². The van der Waals surface area contributed by atoms with Crippen molar-refractivity contribution < 1.29 is 9.42 Å². The number of nitrogen functional groups attached to an aromatic ring is 1. The summed E-state index contributed by atoms with van der Waals surface area (Å²) in [6.07, 6.45) is 11.0. The lowest BCUT2D eigenvalue weighted by molar-refractivity contribution is 0.0947. The number of likely N-dealkylation sites (tertiary alicyclic amines) is 1. The number of allylic oxidation sites excluding steroid dienone is 4. The number of amides is 1. The summed E-state index contributed by atoms with van der Waals surface area (Å²) in [6, 6.07) is 0. The Bertz CT molecular complexity index is 993. The highest BCUT2D eigenvalue weighted by Gasteiger charge is 2.26. The fraction of sp³-hybridized carbons (Fsp3) is 0.524. The number of nitrogens with zero attached hydrogens (tertiary/aromatic N) is 7. The molecule has 0 unspecified atom stereocenters. The first kappa shape index (κ1) is 23.3. The molecule has 2 aromatic heterocycles. The summed E-state index contributed by atoms with van der Waals surface area (Å²) in [5.74, 6) is -0.166. The van der Waals surface area contributed by atoms with Gasteiger partial charge in [-0.15, -0.1) is 5.10 Å². The molecule has 32 heavy (non-hydrogen) atoms. The molecule has 11 nitrogen and oxygen atoms in total. The Labute approximate surface area is 187 Å². The molecule has 0 atom stereocenters. The minimum absolute atomic E-state index is 0.0773. The minimum Gasteiger partial charge on any atom is -0.378 e. The Morgan fingerprint density at radius 3 is 2.69 bits per heavy atom. The highest BCUT2D eigenvalue weighted by Crippen LogP contribution is 2.19. The van der Waals surface area contributed by atoms with Crippen LogP contribution in [0.3, 0.4) is 0 Å². The van der Waals surface area contributed by atoms with Crippen molar-refractivity contribution in [1.82, 2.24) is 35.6 Å². The zero-order chi connectivity index (χ0) is 22.9. The van der Waals surface area contributed by atoms with E-state index in [1.165, 1.54) is 22.2 Å². The van der Waals surface area contributed by atoms with E-state index < -0.39 is 5.91 Å². The zero-order valence-corrected chi connectivity index (χ0v) is 18.9. The van der Waals surface area contributed by atoms with Crippen LogP contribution in [0.15, 0.2) is 33.0 Å². The number of aromatic nitrogens is 5. The van der Waals surface area contributed by atoms with Crippen molar-refractivity contribution in [2.24, 2.45) is 5.10 Å². The Kier molecular flexibility index (Phi) is 8.26. The van der Waals surface area contributed by atoms with E-state index >= 15 is 0 Å². The first-order valence-electron chi connectivity index (χ1n) is 10.8. The van der Waals surface area contributed by atoms with Crippen molar-refractivity contribution in [3.8, 4) is 5.82 Å². The van der Waals surface area contributed by atoms with Crippen LogP contribution in [0.1, 0.15) is 69.1 Å². The molecule has 3 rings (SSSR count). The predicted octanol–water partition coefficient (Wildman–Crippen LogP) is 2.63. The number of carbonyl (C=O) groups is 1. The molecule has 0 radical (unpaired) electrons. The fourth-order valence-electron chi connectivity index (χ4n) is 3.44. The summed E-state index contributed by atoms with van der Waals surface area (Å²) in [5, 5.41) is 19.6. The zero-order valence-electron chi connectivity index (χ0n) is 18.9. The van der Waals surface area contributed by atoms with E-state index in [1.54, 1.807) is 6.21 Å². The van der Waals surface area contributed by atoms with E-state index in [9.17, 15) is 4.79 Å². The first-order chi connectivity index (χ1) is 15.5. The molecule has 0 spiro atoms. The first-order valence-corrected chi connectivity index (χ1v) is 10.8. The monoisotopic (exact) mass is 441 g/mol. The third kappa shape index (κ3) is 6.33. The van der Waals surface area contributed by atoms with Crippen LogP contribution < -0.4 is 11.2 Å². The molecule has 1 amide bonds. The quantitative estimate of drug-likeness (QED) is 0.344. The summed E-state index contributed by atoms with van der Waals surface area (Å²) in [5.41, 5.74) is 11.6. The molecule has 3 heterocycles. The van der Waals surface area contributed by atoms with Crippen molar-refractivity contribution in [3.63, 3.8) is 0 Å². The number of nitrogens with one attached hydrogen (secondary N) is 1. The Balaban J connectivity index is 1.71. The van der Waals surface area contributed by atoms with Crippen LogP contribution in [0.5, 0.6) is 0 Å². The molecule has 1 aliphatic heterocycles. The lowest BCUT2D eigenvalue weighted by atomic mass is 10.1. The molecule has 0 aliphatic carbocycles. The molecular weight excluding hydrogens is 410 g/mol. The van der Waals surface area contributed by atoms with Gasteiger partial charge >= 0.3 is 0 Å². The molecule has 1 saturated heterocycles. The van der Waals surface area contributed by atoms with Gasteiger partial charge < -0.3 is 5.73 Å². The van der Waals surface area contributed by atoms with Gasteiger partial charge in [0.1, 0.15) is 0 Å². The van der Waals surface area contributed by atoms with Crippen LogP contribution in [-0.2, 0) is 6.54 Å². The maximum atomic E-state index is 12.8. The van der Waals surface area contributed by atoms with E-state index in [1.807, 2.05) is 13.0 Å². The average molecular weight is 442 g/mol. The number of hydrogen-bond donors (Lipinski definition) is 2. The molecule has 0 bridgehead atoms. The van der Waals surface area contributed by atoms with E-state index in [-0.39, 0.29) is 17.3 Å². The van der Waals surface area contributed by atoms with Crippen molar-refractivity contribution in [1.29, 1.82) is 0 Å². The number of hydrogen-bond acceptors (Lipinski definition) is 9. The SMILES string of the molecule is CC(C)=CCC/C(C)=C/C=N/NC(=O)c1nnn(-c2nonc2N)c1CN1CCCCC1. The van der Waals surface area contributed by atoms with Crippen molar-refractivity contribution in [2.45, 2.75) is 59.4 Å². The van der Waals surface area contributed by atoms with Crippen LogP contribution in [0.4, 0.5) is 5.82 Å². The largest absolute Gasteiger partial charge is 0.378 e. The second-order valence-corrected chi connectivity index (χ2v) is 8.16. The molecule has 11 heteroatoms. The average Bonchev–Trinajstić information content (AvgIpc) is 3.37. The Hall–Kier alpha value is -3.34. The van der Waals surface area contributed by atoms with E-state index in [0.29, 0.717) is 12.2 Å². The number of anilines is 1. The van der Waals surface area contributed by atoms with Crippen LogP contribution in [-0.4, -0.2) is 55.4 Å². The van der Waals surface area contributed by atoms with Gasteiger partial charge in [0.25, 0.3) is 5.91 Å². The highest BCUT2D eigenvalue weighted by molar-refractivity contribution is 5.93. The molecule has 2 aromatic rings. The molecule has 3 N–H and O–H groups in total. The number of nitrogens with two attached hydrogens (primary N) is 1. The maximum absolute atomic E-state index is 12.8. The molecular formula is C21H31N9O2. The van der Waals surface area contributed by atoms with Crippen molar-refractivity contribution in [2.75, 3.05) is 18.8 Å². The van der Waals surface area contributed by atoms with Crippen molar-refractivity contribution in [3.05, 3.63) is 34.7 Å². The number of piperidine rings is 1. The lowest BCUT2D eigenvalue weighted by Gasteiger charge is -2.26. The predicted molar refractivity (Wildman–Crippen MR) is 121 cm³/mol. The molecule has 1 fully saturated rings. The molecule has 172 valence electrons. The third-order valence-electron chi connectivity index (χ3n) is 5.19. The minimum atomic E-state index is -0.454. The fourth-order valence-corrected chi connectivity index (χ4v) is 3.44. The third-order valence-corrected chi connectivity index (χ3v) is 5.19. The molecule has 0 saturated carbocycles. The van der Waals surface area contributed by atoms with Crippen LogP contribution in [0, 0.1) is 0 Å². The summed E-state index contributed by atoms with van der Waals surface area (Å²) in [4.78, 5) is 15.0. The Morgan fingerprint density at radius 1 is 1.22 bits per heavy atom. The van der Waals surface area contributed by atoms with Gasteiger partial charge in [-0.2, -0.15) is 9.78 Å². The topological polar surface area (TPSA) is 140 Å². The van der Waals surface area contributed by atoms with Crippen LogP contribution in [0.2, 0.25) is 0 Å². The smallest absolute Gasteiger partial charge is 0.293 e. The van der Waals surface area contributed by atoms with E-state index in [4.69, 9.17) is 10.4 Å². The highest BCUT2D eigenvalue weighted by atomic mass is 16.6. The van der Waals surface area contributed by atoms with Gasteiger partial charge in [0, 0.05) is 12.8 Å². The van der Waals surface area contributed by atoms with Gasteiger partial charge in [-0.3, -0.25) is 9.69 Å². The number of hydrazone groups is 1. The normalized spacial score (nSPS) is 15.3. The second-order valence-electron chi connectivity index (χ2n) is 8.16. The van der Waals surface area contributed by atoms with Gasteiger partial charge in [0.05, 0.1) is 5.69 Å². The van der Waals surface area contributed by atoms with Gasteiger partial charge in [0.2, 0.25) is 11.6 Å². The van der Waals surface area contributed by atoms with Gasteiger partial charge in [-0.25, -0.2) is 10.1 Å². The lowest BCUT2D eigenvalue weighted by Crippen LogP contribution is -2.31. The maximum Gasteiger partial charge on any atom is 0.293 e. The Morgan fingerprint density at radius 2 is 2.00 bits per heavy atom. The summed E-state index contributed by atoms with van der Waals surface area (Å²) in [7, 11) is 0. The summed E-state index contributed by atoms with van der Waals surface area (Å²) in [6.45, 7) is 8.56. The molecule has 1 aliphatic rings. The van der Waals surface area contributed by atoms with Crippen molar-refractivity contribution >= 4 is 17.9 Å². The summed E-state index contributed by atoms with van der Waals surface area (Å²) < 4.78 is 6.10. The summed E-state index contributed by atoms with van der Waals surface area (Å²) >= 11 is 0. The van der Waals surface area contributed by atoms with Gasteiger partial charge in [0.15, 0.2) is 5.69 Å².